The number of carbonyl (C=O) groups excluding carboxylic acids is 1. The predicted molar refractivity (Wildman–Crippen MR) is 188 cm³/mol. The normalized spacial score (nSPS) is 16.1. The molecule has 0 saturated heterocycles. The van der Waals surface area contributed by atoms with Gasteiger partial charge in [0.1, 0.15) is 10.5 Å². The molecule has 2 saturated carbocycles. The number of aliphatic carboxylic acids is 1. The van der Waals surface area contributed by atoms with Gasteiger partial charge in [0.05, 0.1) is 19.4 Å². The Morgan fingerprint density at radius 3 is 2.07 bits per heavy atom. The first kappa shape index (κ1) is 35.8. The van der Waals surface area contributed by atoms with E-state index in [0.29, 0.717) is 13.1 Å². The van der Waals surface area contributed by atoms with Gasteiger partial charge in [-0.05, 0) is 94.8 Å². The Hall–Kier alpha value is -3.07. The summed E-state index contributed by atoms with van der Waals surface area (Å²) in [6.45, 7) is 8.63. The van der Waals surface area contributed by atoms with Crippen LogP contribution in [0.1, 0.15) is 101 Å². The fraction of sp³-hybridized carbons (Fsp3) is 0.526. The van der Waals surface area contributed by atoms with Crippen LogP contribution in [0.4, 0.5) is 5.69 Å². The number of furan rings is 1. The van der Waals surface area contributed by atoms with E-state index in [0.717, 1.165) is 45.1 Å². The van der Waals surface area contributed by atoms with Crippen LogP contribution in [-0.2, 0) is 22.7 Å². The van der Waals surface area contributed by atoms with E-state index in [9.17, 15) is 14.7 Å². The van der Waals surface area contributed by atoms with Crippen LogP contribution >= 0.6 is 11.8 Å². The lowest BCUT2D eigenvalue weighted by atomic mass is 9.91. The van der Waals surface area contributed by atoms with E-state index in [1.54, 1.807) is 20.1 Å². The molecule has 2 aromatic carbocycles. The molecule has 8 heteroatoms. The second-order valence-electron chi connectivity index (χ2n) is 13.5. The maximum absolute atomic E-state index is 12.8. The van der Waals surface area contributed by atoms with Crippen molar-refractivity contribution in [2.45, 2.75) is 127 Å². The number of nitrogens with zero attached hydrogens (tertiary/aromatic N) is 1. The van der Waals surface area contributed by atoms with Crippen molar-refractivity contribution in [2.75, 3.05) is 11.9 Å². The molecule has 0 aliphatic heterocycles. The first-order valence-corrected chi connectivity index (χ1v) is 17.8. The minimum absolute atomic E-state index is 0.0936. The van der Waals surface area contributed by atoms with Gasteiger partial charge < -0.3 is 20.2 Å². The van der Waals surface area contributed by atoms with Crippen molar-refractivity contribution < 1.29 is 19.1 Å². The third kappa shape index (κ3) is 11.9. The molecule has 3 N–H and O–H groups in total. The molecule has 1 aromatic heterocycles. The van der Waals surface area contributed by atoms with E-state index in [1.807, 2.05) is 73.3 Å². The Labute approximate surface area is 279 Å². The number of carboxylic acids is 1. The number of aryl methyl sites for hydroxylation is 2. The number of amides is 1. The van der Waals surface area contributed by atoms with E-state index in [1.165, 1.54) is 76.0 Å². The SMILES string of the molecule is C1CCC(NC2CCCCC2)CC1.Cc1ccc(NC(=O)CN(Cc2ccc(SC(C)(C)C(=O)O)cc2)Cc2ccco2)c(C)c1. The van der Waals surface area contributed by atoms with Gasteiger partial charge in [-0.3, -0.25) is 14.5 Å². The fourth-order valence-electron chi connectivity index (χ4n) is 6.27. The minimum Gasteiger partial charge on any atom is -0.480 e. The van der Waals surface area contributed by atoms with Crippen LogP contribution in [0.25, 0.3) is 0 Å². The lowest BCUT2D eigenvalue weighted by Gasteiger charge is -2.30. The van der Waals surface area contributed by atoms with Crippen LogP contribution < -0.4 is 10.6 Å². The number of carboxylic acid groups (broad SMARTS) is 1. The number of rotatable bonds is 12. The van der Waals surface area contributed by atoms with E-state index in [2.05, 4.69) is 10.6 Å². The topological polar surface area (TPSA) is 94.8 Å². The highest BCUT2D eigenvalue weighted by Crippen LogP contribution is 2.33. The van der Waals surface area contributed by atoms with Gasteiger partial charge in [-0.2, -0.15) is 0 Å². The van der Waals surface area contributed by atoms with Crippen molar-refractivity contribution in [1.29, 1.82) is 0 Å². The Kier molecular flexibility index (Phi) is 13.8. The van der Waals surface area contributed by atoms with Gasteiger partial charge in [-0.25, -0.2) is 0 Å². The van der Waals surface area contributed by atoms with Gasteiger partial charge in [0.15, 0.2) is 0 Å². The van der Waals surface area contributed by atoms with Gasteiger partial charge in [0.2, 0.25) is 5.91 Å². The molecule has 2 aliphatic carbocycles. The third-order valence-electron chi connectivity index (χ3n) is 8.88. The zero-order chi connectivity index (χ0) is 32.9. The number of benzene rings is 2. The second kappa shape index (κ2) is 17.7. The largest absolute Gasteiger partial charge is 0.480 e. The van der Waals surface area contributed by atoms with Crippen LogP contribution in [0.15, 0.2) is 70.2 Å². The molecule has 2 fully saturated rings. The van der Waals surface area contributed by atoms with E-state index in [-0.39, 0.29) is 12.5 Å². The van der Waals surface area contributed by atoms with Crippen LogP contribution in [0.3, 0.4) is 0 Å². The number of carbonyl (C=O) groups is 2. The zero-order valence-electron chi connectivity index (χ0n) is 28.1. The van der Waals surface area contributed by atoms with Crippen LogP contribution in [0, 0.1) is 13.8 Å². The van der Waals surface area contributed by atoms with E-state index < -0.39 is 10.7 Å². The molecule has 0 unspecified atom stereocenters. The second-order valence-corrected chi connectivity index (χ2v) is 15.2. The lowest BCUT2D eigenvalue weighted by Crippen LogP contribution is -2.40. The summed E-state index contributed by atoms with van der Waals surface area (Å²) >= 11 is 1.31. The molecule has 0 atom stereocenters. The van der Waals surface area contributed by atoms with E-state index in [4.69, 9.17) is 4.42 Å². The van der Waals surface area contributed by atoms with Crippen molar-refractivity contribution in [1.82, 2.24) is 10.2 Å². The number of hydrogen-bond donors (Lipinski definition) is 3. The molecule has 0 spiro atoms. The molecular weight excluding hydrogens is 595 g/mol. The van der Waals surface area contributed by atoms with Crippen molar-refractivity contribution in [3.63, 3.8) is 0 Å². The monoisotopic (exact) mass is 647 g/mol. The molecule has 46 heavy (non-hydrogen) atoms. The highest BCUT2D eigenvalue weighted by molar-refractivity contribution is 8.01. The Balaban J connectivity index is 0.000000305. The predicted octanol–water partition coefficient (Wildman–Crippen LogP) is 8.73. The van der Waals surface area contributed by atoms with Crippen LogP contribution in [-0.4, -0.2) is 45.3 Å². The van der Waals surface area contributed by atoms with Crippen LogP contribution in [0.5, 0.6) is 0 Å². The molecule has 0 bridgehead atoms. The summed E-state index contributed by atoms with van der Waals surface area (Å²) in [6.07, 6.45) is 16.2. The average Bonchev–Trinajstić information content (AvgIpc) is 3.54. The summed E-state index contributed by atoms with van der Waals surface area (Å²) in [5.41, 5.74) is 4.01. The first-order chi connectivity index (χ1) is 22.1. The lowest BCUT2D eigenvalue weighted by molar-refractivity contribution is -0.138. The minimum atomic E-state index is -0.904. The molecule has 3 aromatic rings. The molecule has 0 radical (unpaired) electrons. The van der Waals surface area contributed by atoms with Gasteiger partial charge >= 0.3 is 5.97 Å². The molecule has 1 heterocycles. The zero-order valence-corrected chi connectivity index (χ0v) is 29.0. The maximum Gasteiger partial charge on any atom is 0.319 e. The maximum atomic E-state index is 12.8. The number of anilines is 1. The summed E-state index contributed by atoms with van der Waals surface area (Å²) in [4.78, 5) is 27.1. The molecule has 1 amide bonds. The Morgan fingerprint density at radius 2 is 1.52 bits per heavy atom. The molecule has 5 rings (SSSR count). The van der Waals surface area contributed by atoms with Gasteiger partial charge in [-0.1, -0.05) is 68.4 Å². The summed E-state index contributed by atoms with van der Waals surface area (Å²) in [7, 11) is 0. The third-order valence-corrected chi connectivity index (χ3v) is 10.1. The quantitative estimate of drug-likeness (QED) is 0.169. The standard InChI is InChI=1S/C26H30N2O4S.C12H23N/c1-18-7-12-23(19(2)14-18)27-24(29)17-28(16-21-6-5-13-32-21)15-20-8-10-22(11-9-20)33-26(3,4)25(30)31;1-3-7-11(8-4-1)13-12-9-5-2-6-10-12/h5-14H,15-17H2,1-4H3,(H,27,29)(H,30,31);11-13H,1-10H2. The number of hydrogen-bond acceptors (Lipinski definition) is 6. The summed E-state index contributed by atoms with van der Waals surface area (Å²) in [5.74, 6) is -0.162. The number of nitrogens with one attached hydrogen (secondary N) is 2. The van der Waals surface area contributed by atoms with Gasteiger partial charge in [0, 0.05) is 29.2 Å². The fourth-order valence-corrected chi connectivity index (χ4v) is 7.22. The van der Waals surface area contributed by atoms with Gasteiger partial charge in [0.25, 0.3) is 0 Å². The molecule has 2 aliphatic rings. The first-order valence-electron chi connectivity index (χ1n) is 17.0. The Bertz CT molecular complexity index is 1350. The Morgan fingerprint density at radius 1 is 0.891 bits per heavy atom. The molecular formula is C38H53N3O4S. The van der Waals surface area contributed by atoms with Crippen LogP contribution in [0.2, 0.25) is 0 Å². The van der Waals surface area contributed by atoms with Crippen molar-refractivity contribution in [3.8, 4) is 0 Å². The average molecular weight is 648 g/mol. The number of thioether (sulfide) groups is 1. The summed E-state index contributed by atoms with van der Waals surface area (Å²) in [5, 5.41) is 16.2. The summed E-state index contributed by atoms with van der Waals surface area (Å²) < 4.78 is 4.59. The van der Waals surface area contributed by atoms with Crippen molar-refractivity contribution >= 4 is 29.3 Å². The molecule has 250 valence electrons. The van der Waals surface area contributed by atoms with Gasteiger partial charge in [-0.15, -0.1) is 11.8 Å². The van der Waals surface area contributed by atoms with E-state index >= 15 is 0 Å². The highest BCUT2D eigenvalue weighted by atomic mass is 32.2. The van der Waals surface area contributed by atoms with Crippen molar-refractivity contribution in [2.24, 2.45) is 0 Å². The van der Waals surface area contributed by atoms with Crippen molar-refractivity contribution in [3.05, 3.63) is 83.3 Å². The smallest absolute Gasteiger partial charge is 0.319 e. The molecule has 7 nitrogen and oxygen atoms in total. The highest BCUT2D eigenvalue weighted by Gasteiger charge is 2.28. The summed E-state index contributed by atoms with van der Waals surface area (Å²) in [6, 6.07) is 19.2.